The molecule has 144 valence electrons. The normalized spacial score (nSPS) is 14.7. The maximum absolute atomic E-state index is 12.5. The van der Waals surface area contributed by atoms with Gasteiger partial charge in [-0.2, -0.15) is 0 Å². The third-order valence-corrected chi connectivity index (χ3v) is 5.38. The average Bonchev–Trinajstić information content (AvgIpc) is 2.64. The Morgan fingerprint density at radius 2 is 1.65 bits per heavy atom. The van der Waals surface area contributed by atoms with E-state index in [9.17, 15) is 9.59 Å². The molecule has 1 heterocycles. The van der Waals surface area contributed by atoms with Crippen LogP contribution in [0.25, 0.3) is 0 Å². The molecule has 0 atom stereocenters. The van der Waals surface area contributed by atoms with Crippen LogP contribution in [0.15, 0.2) is 22.7 Å². The van der Waals surface area contributed by atoms with E-state index in [1.54, 1.807) is 7.11 Å². The molecular formula is C20H29BrN2O3. The summed E-state index contributed by atoms with van der Waals surface area (Å²) in [5.41, 5.74) is 1.11. The number of piperazine rings is 1. The van der Waals surface area contributed by atoms with Gasteiger partial charge < -0.3 is 14.5 Å². The van der Waals surface area contributed by atoms with Crippen LogP contribution in [0.2, 0.25) is 0 Å². The Kier molecular flexibility index (Phi) is 7.94. The number of carbonyl (C=O) groups excluding carboxylic acids is 2. The predicted molar refractivity (Wildman–Crippen MR) is 106 cm³/mol. The van der Waals surface area contributed by atoms with E-state index >= 15 is 0 Å². The van der Waals surface area contributed by atoms with Crippen molar-refractivity contribution in [1.29, 1.82) is 0 Å². The molecule has 2 amide bonds. The summed E-state index contributed by atoms with van der Waals surface area (Å²) in [7, 11) is 1.64. The largest absolute Gasteiger partial charge is 0.496 e. The van der Waals surface area contributed by atoms with Crippen LogP contribution >= 0.6 is 15.9 Å². The van der Waals surface area contributed by atoms with Gasteiger partial charge in [-0.05, 0) is 52.4 Å². The first-order valence-electron chi connectivity index (χ1n) is 9.28. The quantitative estimate of drug-likeness (QED) is 0.672. The molecule has 0 saturated carbocycles. The van der Waals surface area contributed by atoms with E-state index < -0.39 is 0 Å². The lowest BCUT2D eigenvalue weighted by Crippen LogP contribution is -2.50. The summed E-state index contributed by atoms with van der Waals surface area (Å²) >= 11 is 3.47. The van der Waals surface area contributed by atoms with Gasteiger partial charge in [0.2, 0.25) is 11.8 Å². The Morgan fingerprint density at radius 3 is 2.15 bits per heavy atom. The predicted octanol–water partition coefficient (Wildman–Crippen LogP) is 3.50. The number of nitrogens with zero attached hydrogens (tertiary/aromatic N) is 2. The highest BCUT2D eigenvalue weighted by Gasteiger charge is 2.23. The molecule has 0 bridgehead atoms. The zero-order valence-electron chi connectivity index (χ0n) is 16.0. The molecule has 1 aliphatic heterocycles. The number of hydrogen-bond acceptors (Lipinski definition) is 3. The van der Waals surface area contributed by atoms with Crippen LogP contribution in [0.5, 0.6) is 5.75 Å². The number of carbonyl (C=O) groups is 2. The monoisotopic (exact) mass is 424 g/mol. The Balaban J connectivity index is 1.76. The van der Waals surface area contributed by atoms with Crippen LogP contribution in [0.4, 0.5) is 0 Å². The van der Waals surface area contributed by atoms with Gasteiger partial charge in [-0.3, -0.25) is 9.59 Å². The zero-order chi connectivity index (χ0) is 19.1. The maximum Gasteiger partial charge on any atom is 0.223 e. The second kappa shape index (κ2) is 9.95. The molecule has 0 unspecified atom stereocenters. The second-order valence-electron chi connectivity index (χ2n) is 7.16. The van der Waals surface area contributed by atoms with Gasteiger partial charge >= 0.3 is 0 Å². The van der Waals surface area contributed by atoms with Gasteiger partial charge in [0.25, 0.3) is 0 Å². The van der Waals surface area contributed by atoms with Gasteiger partial charge in [-0.1, -0.05) is 19.9 Å². The maximum atomic E-state index is 12.5. The fourth-order valence-electron chi connectivity index (χ4n) is 3.05. The number of methoxy groups -OCH3 is 1. The lowest BCUT2D eigenvalue weighted by Gasteiger charge is -2.35. The van der Waals surface area contributed by atoms with Crippen LogP contribution < -0.4 is 4.74 Å². The molecule has 5 nitrogen and oxygen atoms in total. The number of halogens is 1. The molecule has 1 saturated heterocycles. The highest BCUT2D eigenvalue weighted by Crippen LogP contribution is 2.26. The molecule has 26 heavy (non-hydrogen) atoms. The van der Waals surface area contributed by atoms with E-state index in [4.69, 9.17) is 4.74 Å². The molecule has 0 spiro atoms. The second-order valence-corrected chi connectivity index (χ2v) is 8.02. The molecule has 6 heteroatoms. The Hall–Kier alpha value is -1.56. The van der Waals surface area contributed by atoms with Crippen molar-refractivity contribution in [3.8, 4) is 5.75 Å². The first kappa shape index (κ1) is 20.7. The first-order chi connectivity index (χ1) is 12.4. The Labute approximate surface area is 164 Å². The fourth-order valence-corrected chi connectivity index (χ4v) is 3.64. The molecule has 0 aliphatic carbocycles. The summed E-state index contributed by atoms with van der Waals surface area (Å²) in [6.07, 6.45) is 2.72. The van der Waals surface area contributed by atoms with E-state index in [2.05, 4.69) is 29.8 Å². The number of rotatable bonds is 7. The first-order valence-corrected chi connectivity index (χ1v) is 10.1. The third-order valence-electron chi connectivity index (χ3n) is 4.76. The van der Waals surface area contributed by atoms with Crippen LogP contribution in [-0.2, 0) is 16.0 Å². The van der Waals surface area contributed by atoms with Gasteiger partial charge in [-0.25, -0.2) is 0 Å². The summed E-state index contributed by atoms with van der Waals surface area (Å²) in [6, 6.07) is 5.89. The minimum Gasteiger partial charge on any atom is -0.496 e. The number of amides is 2. The van der Waals surface area contributed by atoms with E-state index in [0.29, 0.717) is 51.4 Å². The van der Waals surface area contributed by atoms with Gasteiger partial charge in [0, 0.05) is 39.0 Å². The number of benzene rings is 1. The van der Waals surface area contributed by atoms with Crippen molar-refractivity contribution < 1.29 is 14.3 Å². The zero-order valence-corrected chi connectivity index (χ0v) is 17.5. The van der Waals surface area contributed by atoms with Gasteiger partial charge in [0.1, 0.15) is 5.75 Å². The SMILES string of the molecule is COc1ccc(CCC(=O)N2CCN(C(=O)CCC(C)C)CC2)cc1Br. The molecule has 1 aromatic carbocycles. The smallest absolute Gasteiger partial charge is 0.223 e. The van der Waals surface area contributed by atoms with Crippen molar-refractivity contribution in [2.45, 2.75) is 39.5 Å². The lowest BCUT2D eigenvalue weighted by molar-refractivity contribution is -0.139. The van der Waals surface area contributed by atoms with Crippen LogP contribution in [0.1, 0.15) is 38.7 Å². The van der Waals surface area contributed by atoms with Crippen molar-refractivity contribution in [1.82, 2.24) is 9.80 Å². The van der Waals surface area contributed by atoms with Crippen molar-refractivity contribution in [2.75, 3.05) is 33.3 Å². The molecule has 1 fully saturated rings. The van der Waals surface area contributed by atoms with Crippen molar-refractivity contribution in [3.63, 3.8) is 0 Å². The summed E-state index contributed by atoms with van der Waals surface area (Å²) in [5, 5.41) is 0. The highest BCUT2D eigenvalue weighted by atomic mass is 79.9. The van der Waals surface area contributed by atoms with Crippen LogP contribution in [0, 0.1) is 5.92 Å². The minimum absolute atomic E-state index is 0.159. The van der Waals surface area contributed by atoms with Gasteiger partial charge in [-0.15, -0.1) is 0 Å². The Bertz CT molecular complexity index is 625. The van der Waals surface area contributed by atoms with E-state index in [-0.39, 0.29) is 11.8 Å². The summed E-state index contributed by atoms with van der Waals surface area (Å²) in [4.78, 5) is 28.4. The third kappa shape index (κ3) is 6.01. The fraction of sp³-hybridized carbons (Fsp3) is 0.600. The highest BCUT2D eigenvalue weighted by molar-refractivity contribution is 9.10. The van der Waals surface area contributed by atoms with Gasteiger partial charge in [0.15, 0.2) is 0 Å². The number of hydrogen-bond donors (Lipinski definition) is 0. The lowest BCUT2D eigenvalue weighted by atomic mass is 10.1. The van der Waals surface area contributed by atoms with E-state index in [0.717, 1.165) is 22.2 Å². The minimum atomic E-state index is 0.159. The van der Waals surface area contributed by atoms with E-state index in [1.165, 1.54) is 0 Å². The number of aryl methyl sites for hydroxylation is 1. The van der Waals surface area contributed by atoms with Crippen LogP contribution in [0.3, 0.4) is 0 Å². The summed E-state index contributed by atoms with van der Waals surface area (Å²) in [6.45, 7) is 6.83. The topological polar surface area (TPSA) is 49.9 Å². The van der Waals surface area contributed by atoms with Gasteiger partial charge in [0.05, 0.1) is 11.6 Å². The molecule has 0 radical (unpaired) electrons. The molecular weight excluding hydrogens is 396 g/mol. The Morgan fingerprint density at radius 1 is 1.08 bits per heavy atom. The molecule has 1 aromatic rings. The molecule has 0 N–H and O–H groups in total. The summed E-state index contributed by atoms with van der Waals surface area (Å²) < 4.78 is 6.13. The standard InChI is InChI=1S/C20H29BrN2O3/c1-15(2)4-8-19(24)22-10-12-23(13-11-22)20(25)9-6-16-5-7-18(26-3)17(21)14-16/h5,7,14-15H,4,6,8-13H2,1-3H3. The number of ether oxygens (including phenoxy) is 1. The van der Waals surface area contributed by atoms with E-state index in [1.807, 2.05) is 28.0 Å². The molecule has 0 aromatic heterocycles. The summed E-state index contributed by atoms with van der Waals surface area (Å²) in [5.74, 6) is 1.71. The molecule has 1 aliphatic rings. The van der Waals surface area contributed by atoms with Crippen molar-refractivity contribution in [3.05, 3.63) is 28.2 Å². The molecule has 2 rings (SSSR count). The van der Waals surface area contributed by atoms with Crippen LogP contribution in [-0.4, -0.2) is 54.9 Å². The average molecular weight is 425 g/mol. The van der Waals surface area contributed by atoms with Crippen molar-refractivity contribution in [2.24, 2.45) is 5.92 Å². The van der Waals surface area contributed by atoms with Crippen molar-refractivity contribution >= 4 is 27.7 Å².